The molecular formula is C20H22FNO4. The third-order valence-corrected chi connectivity index (χ3v) is 4.24. The van der Waals surface area contributed by atoms with Gasteiger partial charge in [0.2, 0.25) is 0 Å². The van der Waals surface area contributed by atoms with Crippen molar-refractivity contribution < 1.29 is 23.4 Å². The van der Waals surface area contributed by atoms with Crippen molar-refractivity contribution in [2.24, 2.45) is 0 Å². The number of rotatable bonds is 7. The van der Waals surface area contributed by atoms with Gasteiger partial charge in [-0.05, 0) is 23.3 Å². The summed E-state index contributed by atoms with van der Waals surface area (Å²) in [6.45, 7) is 0.156. The largest absolute Gasteiger partial charge is 0.459 e. The molecule has 5 nitrogen and oxygen atoms in total. The SMILES string of the molecule is COCNC1CC(F)C(COC(=O)c2ccc(-c3ccccc3)cc2)O1. The molecule has 3 unspecified atom stereocenters. The molecule has 1 fully saturated rings. The van der Waals surface area contributed by atoms with Crippen molar-refractivity contribution >= 4 is 5.97 Å². The molecule has 1 saturated heterocycles. The maximum atomic E-state index is 14.0. The standard InChI is InChI=1S/C20H22FNO4/c1-24-13-22-19-11-17(21)18(26-19)12-25-20(23)16-9-7-15(8-10-16)14-5-3-2-4-6-14/h2-10,17-19,22H,11-13H2,1H3. The molecule has 0 aromatic heterocycles. The van der Waals surface area contributed by atoms with Crippen LogP contribution in [0.15, 0.2) is 54.6 Å². The molecule has 1 heterocycles. The van der Waals surface area contributed by atoms with Gasteiger partial charge in [-0.2, -0.15) is 0 Å². The van der Waals surface area contributed by atoms with Crippen LogP contribution in [-0.4, -0.2) is 44.9 Å². The van der Waals surface area contributed by atoms with Gasteiger partial charge in [0.1, 0.15) is 25.1 Å². The minimum atomic E-state index is -1.18. The molecule has 0 saturated carbocycles. The molecule has 0 amide bonds. The van der Waals surface area contributed by atoms with Crippen LogP contribution in [-0.2, 0) is 14.2 Å². The summed E-state index contributed by atoms with van der Waals surface area (Å²) in [7, 11) is 1.54. The lowest BCUT2D eigenvalue weighted by molar-refractivity contribution is -0.0374. The first-order chi connectivity index (χ1) is 12.7. The third kappa shape index (κ3) is 4.66. The van der Waals surface area contributed by atoms with E-state index in [-0.39, 0.29) is 19.8 Å². The summed E-state index contributed by atoms with van der Waals surface area (Å²) in [6, 6.07) is 17.0. The van der Waals surface area contributed by atoms with E-state index >= 15 is 0 Å². The lowest BCUT2D eigenvalue weighted by Gasteiger charge is -2.15. The molecular weight excluding hydrogens is 337 g/mol. The highest BCUT2D eigenvalue weighted by Gasteiger charge is 2.36. The number of ether oxygens (including phenoxy) is 3. The molecule has 138 valence electrons. The normalized spacial score (nSPS) is 22.3. The van der Waals surface area contributed by atoms with Crippen molar-refractivity contribution in [3.05, 3.63) is 60.2 Å². The highest BCUT2D eigenvalue weighted by atomic mass is 19.1. The first-order valence-electron chi connectivity index (χ1n) is 8.52. The van der Waals surface area contributed by atoms with E-state index in [1.54, 1.807) is 12.1 Å². The van der Waals surface area contributed by atoms with E-state index in [2.05, 4.69) is 5.32 Å². The number of hydrogen-bond donors (Lipinski definition) is 1. The number of methoxy groups -OCH3 is 1. The van der Waals surface area contributed by atoms with Gasteiger partial charge in [-0.15, -0.1) is 0 Å². The van der Waals surface area contributed by atoms with E-state index in [0.717, 1.165) is 11.1 Å². The van der Waals surface area contributed by atoms with Gasteiger partial charge >= 0.3 is 5.97 Å². The van der Waals surface area contributed by atoms with Gasteiger partial charge in [0, 0.05) is 13.5 Å². The van der Waals surface area contributed by atoms with E-state index in [1.165, 1.54) is 7.11 Å². The average Bonchev–Trinajstić information content (AvgIpc) is 3.05. The van der Waals surface area contributed by atoms with Crippen LogP contribution < -0.4 is 5.32 Å². The van der Waals surface area contributed by atoms with Crippen LogP contribution in [0.1, 0.15) is 16.8 Å². The van der Waals surface area contributed by atoms with E-state index in [9.17, 15) is 9.18 Å². The van der Waals surface area contributed by atoms with Crippen LogP contribution in [0.25, 0.3) is 11.1 Å². The van der Waals surface area contributed by atoms with Gasteiger partial charge in [0.15, 0.2) is 0 Å². The minimum Gasteiger partial charge on any atom is -0.459 e. The molecule has 6 heteroatoms. The molecule has 2 aromatic carbocycles. The van der Waals surface area contributed by atoms with Crippen molar-refractivity contribution in [3.8, 4) is 11.1 Å². The van der Waals surface area contributed by atoms with Gasteiger partial charge < -0.3 is 14.2 Å². The molecule has 26 heavy (non-hydrogen) atoms. The number of benzene rings is 2. The molecule has 1 aliphatic heterocycles. The highest BCUT2D eigenvalue weighted by Crippen LogP contribution is 2.23. The monoisotopic (exact) mass is 359 g/mol. The van der Waals surface area contributed by atoms with Crippen LogP contribution in [0.4, 0.5) is 4.39 Å². The predicted octanol–water partition coefficient (Wildman–Crippen LogP) is 3.16. The molecule has 1 aliphatic rings. The Morgan fingerprint density at radius 1 is 1.15 bits per heavy atom. The summed E-state index contributed by atoms with van der Waals surface area (Å²) < 4.78 is 29.5. The first-order valence-corrected chi connectivity index (χ1v) is 8.52. The van der Waals surface area contributed by atoms with Gasteiger partial charge in [-0.25, -0.2) is 9.18 Å². The molecule has 0 radical (unpaired) electrons. The zero-order valence-electron chi connectivity index (χ0n) is 14.6. The van der Waals surface area contributed by atoms with Crippen LogP contribution >= 0.6 is 0 Å². The van der Waals surface area contributed by atoms with Gasteiger partial charge in [0.05, 0.1) is 12.3 Å². The molecule has 3 atom stereocenters. The number of esters is 1. The van der Waals surface area contributed by atoms with Crippen LogP contribution in [0.3, 0.4) is 0 Å². The average molecular weight is 359 g/mol. The van der Waals surface area contributed by atoms with E-state index in [1.807, 2.05) is 42.5 Å². The fourth-order valence-electron chi connectivity index (χ4n) is 2.83. The zero-order chi connectivity index (χ0) is 18.4. The predicted molar refractivity (Wildman–Crippen MR) is 95.3 cm³/mol. The van der Waals surface area contributed by atoms with E-state index in [0.29, 0.717) is 5.56 Å². The maximum absolute atomic E-state index is 14.0. The van der Waals surface area contributed by atoms with Gasteiger partial charge in [-0.3, -0.25) is 5.32 Å². The summed E-state index contributed by atoms with van der Waals surface area (Å²) in [5.41, 5.74) is 2.51. The Bertz CT molecular complexity index is 708. The van der Waals surface area contributed by atoms with Crippen molar-refractivity contribution in [1.29, 1.82) is 0 Å². The Balaban J connectivity index is 1.52. The fraction of sp³-hybridized carbons (Fsp3) is 0.350. The maximum Gasteiger partial charge on any atom is 0.338 e. The highest BCUT2D eigenvalue weighted by molar-refractivity contribution is 5.90. The number of nitrogens with one attached hydrogen (secondary N) is 1. The Labute approximate surface area is 152 Å². The fourth-order valence-corrected chi connectivity index (χ4v) is 2.83. The Morgan fingerprint density at radius 2 is 1.85 bits per heavy atom. The number of carbonyl (C=O) groups is 1. The number of hydrogen-bond acceptors (Lipinski definition) is 5. The second kappa shape index (κ2) is 8.89. The smallest absolute Gasteiger partial charge is 0.338 e. The summed E-state index contributed by atoms with van der Waals surface area (Å²) in [4.78, 5) is 12.2. The Morgan fingerprint density at radius 3 is 2.54 bits per heavy atom. The topological polar surface area (TPSA) is 56.8 Å². The van der Waals surface area contributed by atoms with Crippen LogP contribution in [0.5, 0.6) is 0 Å². The molecule has 0 aliphatic carbocycles. The summed E-state index contributed by atoms with van der Waals surface area (Å²) >= 11 is 0. The quantitative estimate of drug-likeness (QED) is 0.608. The van der Waals surface area contributed by atoms with E-state index < -0.39 is 24.5 Å². The molecule has 3 rings (SSSR count). The lowest BCUT2D eigenvalue weighted by Crippen LogP contribution is -2.31. The zero-order valence-corrected chi connectivity index (χ0v) is 14.6. The minimum absolute atomic E-state index is 0.119. The number of alkyl halides is 1. The first kappa shape index (κ1) is 18.5. The van der Waals surface area contributed by atoms with E-state index in [4.69, 9.17) is 14.2 Å². The Kier molecular flexibility index (Phi) is 6.33. The molecule has 1 N–H and O–H groups in total. The summed E-state index contributed by atoms with van der Waals surface area (Å²) in [6.07, 6.45) is -2.18. The molecule has 2 aromatic rings. The molecule has 0 spiro atoms. The lowest BCUT2D eigenvalue weighted by atomic mass is 10.0. The van der Waals surface area contributed by atoms with Crippen molar-refractivity contribution in [2.75, 3.05) is 20.4 Å². The summed E-state index contributed by atoms with van der Waals surface area (Å²) in [5.74, 6) is -0.492. The second-order valence-corrected chi connectivity index (χ2v) is 6.09. The van der Waals surface area contributed by atoms with Gasteiger partial charge in [0.25, 0.3) is 0 Å². The van der Waals surface area contributed by atoms with Gasteiger partial charge in [-0.1, -0.05) is 42.5 Å². The Hall–Kier alpha value is -2.28. The van der Waals surface area contributed by atoms with Crippen molar-refractivity contribution in [2.45, 2.75) is 24.9 Å². The molecule has 0 bridgehead atoms. The second-order valence-electron chi connectivity index (χ2n) is 6.09. The summed E-state index contributed by atoms with van der Waals surface area (Å²) in [5, 5.41) is 2.91. The van der Waals surface area contributed by atoms with Crippen LogP contribution in [0, 0.1) is 0 Å². The number of halogens is 1. The van der Waals surface area contributed by atoms with Crippen molar-refractivity contribution in [1.82, 2.24) is 5.32 Å². The van der Waals surface area contributed by atoms with Crippen LogP contribution in [0.2, 0.25) is 0 Å². The third-order valence-electron chi connectivity index (χ3n) is 4.24. The van der Waals surface area contributed by atoms with Crippen molar-refractivity contribution in [3.63, 3.8) is 0 Å². The number of carbonyl (C=O) groups excluding carboxylic acids is 1.